The maximum absolute atomic E-state index is 13.7. The van der Waals surface area contributed by atoms with E-state index in [1.165, 1.54) is 22.5 Å². The van der Waals surface area contributed by atoms with Gasteiger partial charge in [-0.2, -0.15) is 4.31 Å². The van der Waals surface area contributed by atoms with Crippen LogP contribution in [0.1, 0.15) is 18.9 Å². The van der Waals surface area contributed by atoms with Crippen LogP contribution in [0.4, 0.5) is 4.39 Å². The molecule has 0 saturated carbocycles. The normalized spacial score (nSPS) is 22.6. The van der Waals surface area contributed by atoms with Crippen molar-refractivity contribution in [2.24, 2.45) is 5.92 Å². The molecule has 19 heavy (non-hydrogen) atoms. The molecule has 1 aliphatic rings. The highest BCUT2D eigenvalue weighted by molar-refractivity contribution is 7.89. The van der Waals surface area contributed by atoms with Crippen LogP contribution >= 0.6 is 0 Å². The highest BCUT2D eigenvalue weighted by atomic mass is 32.2. The highest BCUT2D eigenvalue weighted by Gasteiger charge is 2.35. The van der Waals surface area contributed by atoms with Crippen LogP contribution < -0.4 is 0 Å². The van der Waals surface area contributed by atoms with Crippen molar-refractivity contribution in [3.63, 3.8) is 0 Å². The highest BCUT2D eigenvalue weighted by Crippen LogP contribution is 2.27. The fourth-order valence-electron chi connectivity index (χ4n) is 2.31. The Kier molecular flexibility index (Phi) is 3.94. The Hall–Kier alpha value is -0.980. The van der Waals surface area contributed by atoms with Gasteiger partial charge in [0.2, 0.25) is 10.0 Å². The number of nitrogens with zero attached hydrogens (tertiary/aromatic N) is 1. The Labute approximate surface area is 112 Å². The lowest BCUT2D eigenvalue weighted by Crippen LogP contribution is -2.31. The summed E-state index contributed by atoms with van der Waals surface area (Å²) in [5, 5.41) is 9.51. The minimum absolute atomic E-state index is 0.0809. The van der Waals surface area contributed by atoms with Crippen LogP contribution in [0.2, 0.25) is 0 Å². The van der Waals surface area contributed by atoms with Crippen molar-refractivity contribution in [2.45, 2.75) is 31.3 Å². The van der Waals surface area contributed by atoms with Crippen LogP contribution in [0.3, 0.4) is 0 Å². The number of aliphatic hydroxyl groups excluding tert-OH is 1. The second-order valence-corrected chi connectivity index (χ2v) is 6.99. The van der Waals surface area contributed by atoms with Gasteiger partial charge in [0, 0.05) is 13.1 Å². The van der Waals surface area contributed by atoms with Crippen LogP contribution in [0.25, 0.3) is 0 Å². The number of benzene rings is 1. The molecule has 1 aliphatic heterocycles. The van der Waals surface area contributed by atoms with E-state index < -0.39 is 21.9 Å². The Morgan fingerprint density at radius 2 is 2.16 bits per heavy atom. The molecule has 0 aromatic heterocycles. The third-order valence-corrected chi connectivity index (χ3v) is 5.45. The zero-order valence-corrected chi connectivity index (χ0v) is 11.8. The van der Waals surface area contributed by atoms with Crippen molar-refractivity contribution in [2.75, 3.05) is 13.1 Å². The summed E-state index contributed by atoms with van der Waals surface area (Å²) in [6.45, 7) is 3.94. The van der Waals surface area contributed by atoms with E-state index in [0.29, 0.717) is 18.5 Å². The van der Waals surface area contributed by atoms with Gasteiger partial charge in [0.15, 0.2) is 0 Å². The molecule has 1 aromatic rings. The standard InChI is InChI=1S/C13H18FNO3S/c1-9-3-4-12(14)13(7-9)19(17,18)15-6-5-11(8-15)10(2)16/h3-4,7,10-11,16H,5-6,8H2,1-2H3. The molecule has 0 aliphatic carbocycles. The van der Waals surface area contributed by atoms with Gasteiger partial charge in [0.1, 0.15) is 10.7 Å². The fraction of sp³-hybridized carbons (Fsp3) is 0.538. The average molecular weight is 287 g/mol. The topological polar surface area (TPSA) is 57.6 Å². The smallest absolute Gasteiger partial charge is 0.246 e. The maximum Gasteiger partial charge on any atom is 0.246 e. The van der Waals surface area contributed by atoms with E-state index in [1.54, 1.807) is 13.8 Å². The van der Waals surface area contributed by atoms with Crippen LogP contribution in [0.15, 0.2) is 23.1 Å². The van der Waals surface area contributed by atoms with Gasteiger partial charge in [-0.1, -0.05) is 6.07 Å². The summed E-state index contributed by atoms with van der Waals surface area (Å²) in [7, 11) is -3.81. The van der Waals surface area contributed by atoms with E-state index in [-0.39, 0.29) is 17.4 Å². The molecule has 0 amide bonds. The SMILES string of the molecule is Cc1ccc(F)c(S(=O)(=O)N2CCC(C(C)O)C2)c1. The Balaban J connectivity index is 2.31. The van der Waals surface area contributed by atoms with E-state index in [1.807, 2.05) is 0 Å². The Bertz CT molecular complexity index is 571. The average Bonchev–Trinajstić information content (AvgIpc) is 2.82. The molecule has 0 radical (unpaired) electrons. The molecule has 6 heteroatoms. The molecular formula is C13H18FNO3S. The number of halogens is 1. The minimum Gasteiger partial charge on any atom is -0.393 e. The van der Waals surface area contributed by atoms with Gasteiger partial charge in [0.05, 0.1) is 6.10 Å². The van der Waals surface area contributed by atoms with E-state index in [0.717, 1.165) is 0 Å². The summed E-state index contributed by atoms with van der Waals surface area (Å²) in [4.78, 5) is -0.279. The molecule has 1 aromatic carbocycles. The van der Waals surface area contributed by atoms with E-state index in [4.69, 9.17) is 0 Å². The summed E-state index contributed by atoms with van der Waals surface area (Å²) in [5.41, 5.74) is 0.700. The summed E-state index contributed by atoms with van der Waals surface area (Å²) in [5.74, 6) is -0.811. The number of sulfonamides is 1. The van der Waals surface area contributed by atoms with Crippen molar-refractivity contribution in [1.29, 1.82) is 0 Å². The van der Waals surface area contributed by atoms with Gasteiger partial charge in [-0.05, 0) is 43.9 Å². The van der Waals surface area contributed by atoms with Gasteiger partial charge in [-0.3, -0.25) is 0 Å². The lowest BCUT2D eigenvalue weighted by atomic mass is 10.0. The molecule has 0 spiro atoms. The summed E-state index contributed by atoms with van der Waals surface area (Å²) in [6, 6.07) is 4.06. The van der Waals surface area contributed by atoms with Crippen LogP contribution in [-0.2, 0) is 10.0 Å². The van der Waals surface area contributed by atoms with Gasteiger partial charge < -0.3 is 5.11 Å². The molecule has 4 nitrogen and oxygen atoms in total. The zero-order valence-electron chi connectivity index (χ0n) is 11.0. The minimum atomic E-state index is -3.81. The number of rotatable bonds is 3. The van der Waals surface area contributed by atoms with Crippen LogP contribution in [-0.4, -0.2) is 37.0 Å². The molecule has 1 fully saturated rings. The van der Waals surface area contributed by atoms with Gasteiger partial charge in [-0.15, -0.1) is 0 Å². The number of hydrogen-bond acceptors (Lipinski definition) is 3. The van der Waals surface area contributed by atoms with Gasteiger partial charge >= 0.3 is 0 Å². The monoisotopic (exact) mass is 287 g/mol. The molecule has 0 bridgehead atoms. The first kappa shape index (κ1) is 14.4. The molecule has 106 valence electrons. The number of aryl methyl sites for hydroxylation is 1. The first-order chi connectivity index (χ1) is 8.82. The quantitative estimate of drug-likeness (QED) is 0.917. The summed E-state index contributed by atoms with van der Waals surface area (Å²) < 4.78 is 39.7. The van der Waals surface area contributed by atoms with Gasteiger partial charge in [0.25, 0.3) is 0 Å². The Morgan fingerprint density at radius 1 is 1.47 bits per heavy atom. The lowest BCUT2D eigenvalue weighted by Gasteiger charge is -2.18. The molecule has 1 N–H and O–H groups in total. The van der Waals surface area contributed by atoms with Crippen molar-refractivity contribution in [3.8, 4) is 0 Å². The van der Waals surface area contributed by atoms with Crippen LogP contribution in [0.5, 0.6) is 0 Å². The first-order valence-corrected chi connectivity index (χ1v) is 7.70. The third-order valence-electron chi connectivity index (χ3n) is 3.57. The lowest BCUT2D eigenvalue weighted by molar-refractivity contribution is 0.133. The van der Waals surface area contributed by atoms with Gasteiger partial charge in [-0.25, -0.2) is 12.8 Å². The molecule has 2 atom stereocenters. The number of hydrogen-bond donors (Lipinski definition) is 1. The van der Waals surface area contributed by atoms with Crippen molar-refractivity contribution < 1.29 is 17.9 Å². The largest absolute Gasteiger partial charge is 0.393 e. The van der Waals surface area contributed by atoms with Crippen LogP contribution in [0, 0.1) is 18.7 Å². The van der Waals surface area contributed by atoms with Crippen molar-refractivity contribution in [3.05, 3.63) is 29.6 Å². The predicted octanol–water partition coefficient (Wildman–Crippen LogP) is 1.53. The van der Waals surface area contributed by atoms with Crippen molar-refractivity contribution >= 4 is 10.0 Å². The number of aliphatic hydroxyl groups is 1. The molecule has 1 saturated heterocycles. The Morgan fingerprint density at radius 3 is 2.74 bits per heavy atom. The first-order valence-electron chi connectivity index (χ1n) is 6.26. The summed E-state index contributed by atoms with van der Waals surface area (Å²) >= 11 is 0. The zero-order chi connectivity index (χ0) is 14.2. The molecule has 1 heterocycles. The molecular weight excluding hydrogens is 269 g/mol. The fourth-order valence-corrected chi connectivity index (χ4v) is 3.97. The second kappa shape index (κ2) is 5.19. The van der Waals surface area contributed by atoms with E-state index in [2.05, 4.69) is 0 Å². The van der Waals surface area contributed by atoms with E-state index in [9.17, 15) is 17.9 Å². The second-order valence-electron chi connectivity index (χ2n) is 5.09. The molecule has 2 rings (SSSR count). The third kappa shape index (κ3) is 2.80. The summed E-state index contributed by atoms with van der Waals surface area (Å²) in [6.07, 6.45) is 0.0483. The maximum atomic E-state index is 13.7. The van der Waals surface area contributed by atoms with E-state index >= 15 is 0 Å². The van der Waals surface area contributed by atoms with Crippen molar-refractivity contribution in [1.82, 2.24) is 4.31 Å². The predicted molar refractivity (Wildman–Crippen MR) is 69.7 cm³/mol. The molecule has 2 unspecified atom stereocenters.